The van der Waals surface area contributed by atoms with E-state index in [2.05, 4.69) is 11.1 Å². The van der Waals surface area contributed by atoms with Crippen LogP contribution in [-0.4, -0.2) is 37.5 Å². The first-order chi connectivity index (χ1) is 12.6. The molecule has 0 bridgehead atoms. The predicted octanol–water partition coefficient (Wildman–Crippen LogP) is 2.69. The van der Waals surface area contributed by atoms with Crippen molar-refractivity contribution < 1.29 is 17.9 Å². The summed E-state index contributed by atoms with van der Waals surface area (Å²) in [7, 11) is -3.60. The molecule has 1 N–H and O–H groups in total. The number of hydrogen-bond acceptors (Lipinski definition) is 4. The van der Waals surface area contributed by atoms with Gasteiger partial charge in [0.25, 0.3) is 0 Å². The van der Waals surface area contributed by atoms with Crippen molar-refractivity contribution in [3.63, 3.8) is 0 Å². The summed E-state index contributed by atoms with van der Waals surface area (Å²) in [5, 5.41) is 1.18. The maximum atomic E-state index is 13.1. The molecule has 134 valence electrons. The molecule has 7 heteroatoms. The number of sulfonamides is 1. The first-order valence-corrected chi connectivity index (χ1v) is 10.1. The largest absolute Gasteiger partial charge is 0.486 e. The minimum Gasteiger partial charge on any atom is -0.486 e. The van der Waals surface area contributed by atoms with Crippen molar-refractivity contribution in [2.75, 3.05) is 19.8 Å². The van der Waals surface area contributed by atoms with Gasteiger partial charge in [0.05, 0.1) is 11.4 Å². The number of aromatic nitrogens is 1. The maximum absolute atomic E-state index is 13.1. The molecule has 1 aromatic heterocycles. The third-order valence-corrected chi connectivity index (χ3v) is 6.84. The second kappa shape index (κ2) is 5.75. The molecule has 0 radical (unpaired) electrons. The zero-order valence-corrected chi connectivity index (χ0v) is 14.9. The number of nitrogens with zero attached hydrogens (tertiary/aromatic N) is 1. The highest BCUT2D eigenvalue weighted by molar-refractivity contribution is 7.89. The van der Waals surface area contributed by atoms with Crippen LogP contribution in [0.5, 0.6) is 11.5 Å². The van der Waals surface area contributed by atoms with Crippen molar-refractivity contribution in [2.24, 2.45) is 0 Å². The Kier molecular flexibility index (Phi) is 3.48. The van der Waals surface area contributed by atoms with Crippen LogP contribution in [0.1, 0.15) is 11.3 Å². The van der Waals surface area contributed by atoms with Gasteiger partial charge in [-0.15, -0.1) is 0 Å². The molecule has 5 rings (SSSR count). The van der Waals surface area contributed by atoms with Crippen LogP contribution in [-0.2, 0) is 23.0 Å². The number of hydrogen-bond donors (Lipinski definition) is 1. The summed E-state index contributed by atoms with van der Waals surface area (Å²) in [6.07, 6.45) is 0.698. The quantitative estimate of drug-likeness (QED) is 0.753. The van der Waals surface area contributed by atoms with Crippen molar-refractivity contribution in [1.29, 1.82) is 0 Å². The first-order valence-electron chi connectivity index (χ1n) is 8.61. The fourth-order valence-electron chi connectivity index (χ4n) is 3.71. The van der Waals surface area contributed by atoms with E-state index in [0.29, 0.717) is 44.2 Å². The minimum absolute atomic E-state index is 0.237. The average Bonchev–Trinajstić information content (AvgIpc) is 3.05. The second-order valence-corrected chi connectivity index (χ2v) is 8.46. The van der Waals surface area contributed by atoms with Crippen molar-refractivity contribution in [3.05, 3.63) is 53.7 Å². The Morgan fingerprint density at radius 3 is 2.69 bits per heavy atom. The number of fused-ring (bicyclic) bond motifs is 4. The zero-order valence-electron chi connectivity index (χ0n) is 14.1. The van der Waals surface area contributed by atoms with Crippen LogP contribution in [0.25, 0.3) is 10.9 Å². The smallest absolute Gasteiger partial charge is 0.243 e. The fraction of sp³-hybridized carbons (Fsp3) is 0.263. The second-order valence-electron chi connectivity index (χ2n) is 6.52. The summed E-state index contributed by atoms with van der Waals surface area (Å²) in [6, 6.07) is 12.9. The van der Waals surface area contributed by atoms with Crippen LogP contribution in [0.3, 0.4) is 0 Å². The Morgan fingerprint density at radius 2 is 1.81 bits per heavy atom. The van der Waals surface area contributed by atoms with Crippen LogP contribution in [0.2, 0.25) is 0 Å². The van der Waals surface area contributed by atoms with E-state index in [9.17, 15) is 8.42 Å². The fourth-order valence-corrected chi connectivity index (χ4v) is 5.13. The molecule has 0 spiro atoms. The van der Waals surface area contributed by atoms with E-state index in [1.165, 1.54) is 15.3 Å². The highest BCUT2D eigenvalue weighted by Crippen LogP contribution is 2.35. The molecule has 6 nitrogen and oxygen atoms in total. The summed E-state index contributed by atoms with van der Waals surface area (Å²) in [6.45, 7) is 1.72. The molecule has 26 heavy (non-hydrogen) atoms. The van der Waals surface area contributed by atoms with E-state index < -0.39 is 10.0 Å². The zero-order chi connectivity index (χ0) is 17.7. The van der Waals surface area contributed by atoms with E-state index in [1.54, 1.807) is 18.2 Å². The maximum Gasteiger partial charge on any atom is 0.243 e. The summed E-state index contributed by atoms with van der Waals surface area (Å²) in [4.78, 5) is 3.61. The standard InChI is InChI=1S/C19H18N2O4S/c22-26(23,13-5-6-18-19(11-13)25-10-9-24-18)21-8-7-15-14-3-1-2-4-16(14)20-17(15)12-21/h1-6,11,20H,7-10,12H2. The van der Waals surface area contributed by atoms with E-state index >= 15 is 0 Å². The molecule has 0 saturated carbocycles. The van der Waals surface area contributed by atoms with E-state index in [0.717, 1.165) is 11.2 Å². The van der Waals surface area contributed by atoms with Crippen molar-refractivity contribution in [3.8, 4) is 11.5 Å². The van der Waals surface area contributed by atoms with Crippen LogP contribution in [0.4, 0.5) is 0 Å². The molecule has 2 aromatic carbocycles. The van der Waals surface area contributed by atoms with Crippen molar-refractivity contribution >= 4 is 20.9 Å². The lowest BCUT2D eigenvalue weighted by atomic mass is 10.1. The molecular formula is C19H18N2O4S. The molecule has 0 unspecified atom stereocenters. The summed E-state index contributed by atoms with van der Waals surface area (Å²) in [5.74, 6) is 1.08. The number of benzene rings is 2. The molecule has 0 atom stereocenters. The van der Waals surface area contributed by atoms with Crippen LogP contribution >= 0.6 is 0 Å². The topological polar surface area (TPSA) is 71.6 Å². The van der Waals surface area contributed by atoms with Gasteiger partial charge in [0.15, 0.2) is 11.5 Å². The molecule has 2 aliphatic heterocycles. The van der Waals surface area contributed by atoms with Gasteiger partial charge in [0.1, 0.15) is 13.2 Å². The van der Waals surface area contributed by atoms with Gasteiger partial charge < -0.3 is 14.5 Å². The van der Waals surface area contributed by atoms with Gasteiger partial charge in [0.2, 0.25) is 10.0 Å². The lowest BCUT2D eigenvalue weighted by Gasteiger charge is -2.27. The highest BCUT2D eigenvalue weighted by atomic mass is 32.2. The highest BCUT2D eigenvalue weighted by Gasteiger charge is 2.31. The van der Waals surface area contributed by atoms with E-state index in [1.807, 2.05) is 18.2 Å². The number of H-pyrrole nitrogens is 1. The van der Waals surface area contributed by atoms with Crippen LogP contribution < -0.4 is 9.47 Å². The molecule has 0 saturated heterocycles. The Bertz CT molecular complexity index is 1100. The Labute approximate surface area is 151 Å². The number of ether oxygens (including phenoxy) is 2. The minimum atomic E-state index is -3.60. The predicted molar refractivity (Wildman–Crippen MR) is 97.0 cm³/mol. The molecular weight excluding hydrogens is 352 g/mol. The Morgan fingerprint density at radius 1 is 1.00 bits per heavy atom. The summed E-state index contributed by atoms with van der Waals surface area (Å²) < 4.78 is 38.8. The molecule has 3 aromatic rings. The molecule has 0 fully saturated rings. The molecule has 3 heterocycles. The molecule has 0 amide bonds. The van der Waals surface area contributed by atoms with Crippen LogP contribution in [0, 0.1) is 0 Å². The van der Waals surface area contributed by atoms with Gasteiger partial charge in [-0.1, -0.05) is 18.2 Å². The van der Waals surface area contributed by atoms with Gasteiger partial charge in [-0.05, 0) is 30.2 Å². The lowest BCUT2D eigenvalue weighted by molar-refractivity contribution is 0.171. The molecule has 0 aliphatic carbocycles. The van der Waals surface area contributed by atoms with Gasteiger partial charge >= 0.3 is 0 Å². The third-order valence-electron chi connectivity index (χ3n) is 5.00. The normalized spacial score (nSPS) is 17.2. The summed E-state index contributed by atoms with van der Waals surface area (Å²) in [5.41, 5.74) is 3.24. The average molecular weight is 370 g/mol. The Hall–Kier alpha value is -2.51. The number of aromatic amines is 1. The van der Waals surface area contributed by atoms with Crippen LogP contribution in [0.15, 0.2) is 47.4 Å². The van der Waals surface area contributed by atoms with Crippen molar-refractivity contribution in [2.45, 2.75) is 17.9 Å². The monoisotopic (exact) mass is 370 g/mol. The summed E-state index contributed by atoms with van der Waals surface area (Å²) >= 11 is 0. The lowest BCUT2D eigenvalue weighted by Crippen LogP contribution is -2.36. The van der Waals surface area contributed by atoms with Gasteiger partial charge in [0, 0.05) is 29.2 Å². The van der Waals surface area contributed by atoms with Gasteiger partial charge in [-0.25, -0.2) is 8.42 Å². The van der Waals surface area contributed by atoms with Gasteiger partial charge in [-0.2, -0.15) is 4.31 Å². The molecule has 2 aliphatic rings. The van der Waals surface area contributed by atoms with Gasteiger partial charge in [-0.3, -0.25) is 0 Å². The SMILES string of the molecule is O=S(=O)(c1ccc2c(c1)OCCO2)N1CCc2c([nH]c3ccccc23)C1. The Balaban J connectivity index is 1.49. The number of para-hydroxylation sites is 1. The third kappa shape index (κ3) is 2.39. The van der Waals surface area contributed by atoms with E-state index in [-0.39, 0.29) is 4.90 Å². The number of rotatable bonds is 2. The number of nitrogens with one attached hydrogen (secondary N) is 1. The van der Waals surface area contributed by atoms with E-state index in [4.69, 9.17) is 9.47 Å². The van der Waals surface area contributed by atoms with Crippen molar-refractivity contribution in [1.82, 2.24) is 9.29 Å². The first kappa shape index (κ1) is 15.7.